The molecule has 160 valence electrons. The molecule has 2 unspecified atom stereocenters. The van der Waals surface area contributed by atoms with Crippen molar-refractivity contribution in [2.45, 2.75) is 31.7 Å². The molecule has 0 spiro atoms. The van der Waals surface area contributed by atoms with Gasteiger partial charge in [-0.25, -0.2) is 9.38 Å². The second kappa shape index (κ2) is 7.92. The minimum atomic E-state index is -0.531. The summed E-state index contributed by atoms with van der Waals surface area (Å²) in [4.78, 5) is 19.4. The zero-order chi connectivity index (χ0) is 21.4. The number of hydrogen-bond acceptors (Lipinski definition) is 7. The molecule has 2 aromatic rings. The molecule has 5 N–H and O–H groups in total. The Hall–Kier alpha value is -3.59. The maximum atomic E-state index is 14.6. The zero-order valence-electron chi connectivity index (χ0n) is 17.0. The van der Waals surface area contributed by atoms with Crippen LogP contribution in [0.5, 0.6) is 0 Å². The highest BCUT2D eigenvalue weighted by molar-refractivity contribution is 6.12. The molecule has 1 amide bonds. The minimum Gasteiger partial charge on any atom is -0.365 e. The number of halogens is 1. The number of anilines is 2. The number of fused-ring (bicyclic) bond motifs is 1. The van der Waals surface area contributed by atoms with Gasteiger partial charge in [-0.05, 0) is 30.7 Å². The lowest BCUT2D eigenvalue weighted by Crippen LogP contribution is -2.63. The first-order chi connectivity index (χ1) is 15.2. The van der Waals surface area contributed by atoms with Crippen LogP contribution in [0.1, 0.15) is 23.7 Å². The third-order valence-corrected chi connectivity index (χ3v) is 5.78. The molecule has 0 aromatic heterocycles. The molecule has 0 radical (unpaired) electrons. The topological polar surface area (TPSA) is 92.8 Å². The number of carbonyl (C=O) groups is 1. The van der Waals surface area contributed by atoms with E-state index in [2.05, 4.69) is 38.5 Å². The third-order valence-electron chi connectivity index (χ3n) is 5.78. The molecular weight excluding hydrogens is 397 g/mol. The summed E-state index contributed by atoms with van der Waals surface area (Å²) < 4.78 is 14.6. The molecule has 0 saturated heterocycles. The van der Waals surface area contributed by atoms with Crippen LogP contribution in [0, 0.1) is 5.82 Å². The van der Waals surface area contributed by atoms with E-state index in [1.165, 1.54) is 6.07 Å². The van der Waals surface area contributed by atoms with Crippen LogP contribution >= 0.6 is 0 Å². The number of nitrogens with one attached hydrogen (secondary N) is 5. The Morgan fingerprint density at radius 2 is 2.03 bits per heavy atom. The second-order valence-corrected chi connectivity index (χ2v) is 7.59. The van der Waals surface area contributed by atoms with Crippen LogP contribution in [0.4, 0.5) is 15.8 Å². The number of aliphatic imine (C=N–C) groups is 1. The molecule has 0 fully saturated rings. The van der Waals surface area contributed by atoms with Gasteiger partial charge in [0.25, 0.3) is 5.91 Å². The fourth-order valence-corrected chi connectivity index (χ4v) is 4.27. The van der Waals surface area contributed by atoms with Gasteiger partial charge in [-0.3, -0.25) is 15.0 Å². The van der Waals surface area contributed by atoms with Gasteiger partial charge >= 0.3 is 0 Å². The van der Waals surface area contributed by atoms with Crippen LogP contribution in [-0.2, 0) is 0 Å². The standard InChI is InChI=1S/C22H24FN7O/c1-2-15(28-20-18-19(25-11-24-18)26-12-27-20)21-29-16-10-6-9-14(23)17(16)22(31)30(21)13-7-4-3-5-8-13/h3-10,12,15,20-21,24-25,28-29H,2,11H2,1H3,(H,26,27)/t15-,20?,21?/m0/s1. The largest absolute Gasteiger partial charge is 0.365 e. The first-order valence-electron chi connectivity index (χ1n) is 10.4. The van der Waals surface area contributed by atoms with Crippen molar-refractivity contribution in [3.05, 3.63) is 71.4 Å². The minimum absolute atomic E-state index is 0.0621. The number of para-hydroxylation sites is 1. The maximum absolute atomic E-state index is 14.6. The zero-order valence-corrected chi connectivity index (χ0v) is 17.0. The normalized spacial score (nSPS) is 22.6. The van der Waals surface area contributed by atoms with Gasteiger partial charge in [-0.15, -0.1) is 0 Å². The van der Waals surface area contributed by atoms with E-state index in [0.717, 1.165) is 17.9 Å². The Morgan fingerprint density at radius 3 is 2.84 bits per heavy atom. The molecule has 31 heavy (non-hydrogen) atoms. The van der Waals surface area contributed by atoms with Crippen LogP contribution < -0.4 is 31.5 Å². The molecule has 8 nitrogen and oxygen atoms in total. The van der Waals surface area contributed by atoms with Crippen molar-refractivity contribution >= 4 is 23.6 Å². The fraction of sp³-hybridized carbons (Fsp3) is 0.273. The number of nitrogens with zero attached hydrogens (tertiary/aromatic N) is 2. The van der Waals surface area contributed by atoms with E-state index >= 15 is 0 Å². The molecule has 9 heteroatoms. The van der Waals surface area contributed by atoms with E-state index in [0.29, 0.717) is 18.0 Å². The molecular formula is C22H24FN7O. The number of amides is 1. The summed E-state index contributed by atoms with van der Waals surface area (Å²) in [5.74, 6) is -0.0929. The van der Waals surface area contributed by atoms with Crippen molar-refractivity contribution in [3.8, 4) is 0 Å². The Balaban J connectivity index is 1.51. The van der Waals surface area contributed by atoms with Gasteiger partial charge < -0.3 is 21.3 Å². The molecule has 3 atom stereocenters. The monoisotopic (exact) mass is 421 g/mol. The molecule has 5 rings (SSSR count). The van der Waals surface area contributed by atoms with Crippen LogP contribution in [-0.4, -0.2) is 37.3 Å². The van der Waals surface area contributed by atoms with E-state index in [1.54, 1.807) is 23.4 Å². The van der Waals surface area contributed by atoms with Crippen molar-refractivity contribution in [2.24, 2.45) is 4.99 Å². The molecule has 0 bridgehead atoms. The summed E-state index contributed by atoms with van der Waals surface area (Å²) in [5, 5.41) is 16.7. The summed E-state index contributed by atoms with van der Waals surface area (Å²) >= 11 is 0. The quantitative estimate of drug-likeness (QED) is 0.506. The Morgan fingerprint density at radius 1 is 1.19 bits per heavy atom. The van der Waals surface area contributed by atoms with E-state index in [1.807, 2.05) is 30.3 Å². The van der Waals surface area contributed by atoms with Gasteiger partial charge in [0, 0.05) is 11.7 Å². The van der Waals surface area contributed by atoms with Crippen molar-refractivity contribution < 1.29 is 9.18 Å². The molecule has 0 aliphatic carbocycles. The fourth-order valence-electron chi connectivity index (χ4n) is 4.27. The number of hydrogen-bond donors (Lipinski definition) is 5. The SMILES string of the molecule is CC[C@H](NC1NC=NC2=C1NCN2)C1Nc2cccc(F)c2C(=O)N1c1ccccc1. The van der Waals surface area contributed by atoms with Gasteiger partial charge in [0.15, 0.2) is 5.82 Å². The number of carbonyl (C=O) groups excluding carboxylic acids is 1. The summed E-state index contributed by atoms with van der Waals surface area (Å²) in [7, 11) is 0. The predicted octanol–water partition coefficient (Wildman–Crippen LogP) is 1.87. The Kier molecular flexibility index (Phi) is 4.95. The summed E-state index contributed by atoms with van der Waals surface area (Å²) in [5.41, 5.74) is 2.20. The number of rotatable bonds is 5. The van der Waals surface area contributed by atoms with Gasteiger partial charge in [-0.2, -0.15) is 0 Å². The maximum Gasteiger partial charge on any atom is 0.265 e. The first-order valence-corrected chi connectivity index (χ1v) is 10.4. The summed E-state index contributed by atoms with van der Waals surface area (Å²) in [6, 6.07) is 13.9. The highest BCUT2D eigenvalue weighted by atomic mass is 19.1. The van der Waals surface area contributed by atoms with Crippen molar-refractivity contribution in [1.82, 2.24) is 21.3 Å². The van der Waals surface area contributed by atoms with Crippen LogP contribution in [0.15, 0.2) is 65.0 Å². The Labute approximate surface area is 179 Å². The highest BCUT2D eigenvalue weighted by Gasteiger charge is 2.40. The van der Waals surface area contributed by atoms with Gasteiger partial charge in [0.05, 0.1) is 30.0 Å². The summed E-state index contributed by atoms with van der Waals surface area (Å²) in [6.45, 7) is 2.67. The third kappa shape index (κ3) is 3.36. The average Bonchev–Trinajstić information content (AvgIpc) is 3.27. The van der Waals surface area contributed by atoms with Gasteiger partial charge in [0.1, 0.15) is 18.1 Å². The highest BCUT2D eigenvalue weighted by Crippen LogP contribution is 2.33. The van der Waals surface area contributed by atoms with Gasteiger partial charge in [-0.1, -0.05) is 31.2 Å². The lowest BCUT2D eigenvalue weighted by Gasteiger charge is -2.43. The van der Waals surface area contributed by atoms with Gasteiger partial charge in [0.2, 0.25) is 0 Å². The van der Waals surface area contributed by atoms with Crippen LogP contribution in [0.25, 0.3) is 0 Å². The molecule has 3 heterocycles. The lowest BCUT2D eigenvalue weighted by molar-refractivity contribution is 0.0963. The average molecular weight is 421 g/mol. The van der Waals surface area contributed by atoms with E-state index in [-0.39, 0.29) is 23.7 Å². The van der Waals surface area contributed by atoms with Crippen molar-refractivity contribution in [1.29, 1.82) is 0 Å². The molecule has 2 aromatic carbocycles. The second-order valence-electron chi connectivity index (χ2n) is 7.59. The molecule has 3 aliphatic rings. The van der Waals surface area contributed by atoms with E-state index in [9.17, 15) is 9.18 Å². The molecule has 3 aliphatic heterocycles. The van der Waals surface area contributed by atoms with Crippen molar-refractivity contribution in [2.75, 3.05) is 16.9 Å². The first kappa shape index (κ1) is 19.4. The molecule has 0 saturated carbocycles. The van der Waals surface area contributed by atoms with E-state index in [4.69, 9.17) is 0 Å². The van der Waals surface area contributed by atoms with Crippen LogP contribution in [0.2, 0.25) is 0 Å². The van der Waals surface area contributed by atoms with E-state index < -0.39 is 12.0 Å². The smallest absolute Gasteiger partial charge is 0.265 e. The van der Waals surface area contributed by atoms with Crippen LogP contribution in [0.3, 0.4) is 0 Å². The number of benzene rings is 2. The van der Waals surface area contributed by atoms with Crippen molar-refractivity contribution in [3.63, 3.8) is 0 Å². The Bertz CT molecular complexity index is 1060. The lowest BCUT2D eigenvalue weighted by atomic mass is 10.0. The summed E-state index contributed by atoms with van der Waals surface area (Å²) in [6.07, 6.45) is 1.76. The predicted molar refractivity (Wildman–Crippen MR) is 118 cm³/mol.